The Bertz CT molecular complexity index is 1000. The second kappa shape index (κ2) is 12.3. The number of hydrogen-bond acceptors (Lipinski definition) is 5. The Morgan fingerprint density at radius 3 is 2.45 bits per heavy atom. The van der Waals surface area contributed by atoms with E-state index in [0.717, 1.165) is 16.7 Å². The monoisotopic (exact) mass is 447 g/mol. The molecule has 1 heterocycles. The molecule has 0 fully saturated rings. The molecule has 7 nitrogen and oxygen atoms in total. The number of carbonyl (C=O) groups excluding carboxylic acids is 3. The fourth-order valence-electron chi connectivity index (χ4n) is 3.48. The molecule has 2 amide bonds. The molecular formula is C26H29N3O4. The van der Waals surface area contributed by atoms with Crippen LogP contribution in [0.25, 0.3) is 0 Å². The molecule has 172 valence electrons. The number of nitrogens with one attached hydrogen (secondary N) is 1. The van der Waals surface area contributed by atoms with Crippen LogP contribution in [0.4, 0.5) is 0 Å². The molecule has 1 aliphatic heterocycles. The average Bonchev–Trinajstić information content (AvgIpc) is 2.81. The van der Waals surface area contributed by atoms with Gasteiger partial charge in [-0.25, -0.2) is 5.43 Å². The SMILES string of the molecule is CC(=O)N/N=C/c1ccc(CN2C[C@H](c3ccccc3)OC(=O)CC/C=C/CCC2=O)cc1. The van der Waals surface area contributed by atoms with E-state index in [9.17, 15) is 14.4 Å². The van der Waals surface area contributed by atoms with Crippen LogP contribution in [-0.4, -0.2) is 35.4 Å². The number of ether oxygens (including phenoxy) is 1. The molecule has 0 saturated heterocycles. The highest BCUT2D eigenvalue weighted by molar-refractivity contribution is 5.81. The van der Waals surface area contributed by atoms with Gasteiger partial charge in [-0.15, -0.1) is 0 Å². The van der Waals surface area contributed by atoms with Crippen LogP contribution in [0.1, 0.15) is 55.4 Å². The maximum Gasteiger partial charge on any atom is 0.306 e. The molecule has 33 heavy (non-hydrogen) atoms. The standard InChI is InChI=1S/C26H29N3O4/c1-20(30)28-27-17-21-13-15-22(16-14-21)18-29-19-24(23-9-5-4-6-10-23)33-26(32)12-8-3-2-7-11-25(29)31/h2-6,9-10,13-17,24H,7-8,11-12,18-19H2,1H3,(H,28,30)/b3-2+,27-17+/t24-/m1/s1. The normalized spacial score (nSPS) is 18.8. The summed E-state index contributed by atoms with van der Waals surface area (Å²) in [5.41, 5.74) is 5.00. The number of allylic oxidation sites excluding steroid dienone is 2. The van der Waals surface area contributed by atoms with Crippen molar-refractivity contribution in [3.63, 3.8) is 0 Å². The molecule has 0 saturated carbocycles. The van der Waals surface area contributed by atoms with Crippen molar-refractivity contribution in [2.45, 2.75) is 45.3 Å². The topological polar surface area (TPSA) is 88.1 Å². The second-order valence-corrected chi connectivity index (χ2v) is 7.88. The van der Waals surface area contributed by atoms with Crippen molar-refractivity contribution in [3.8, 4) is 0 Å². The van der Waals surface area contributed by atoms with Crippen LogP contribution >= 0.6 is 0 Å². The summed E-state index contributed by atoms with van der Waals surface area (Å²) < 4.78 is 5.79. The van der Waals surface area contributed by atoms with Crippen LogP contribution in [0.3, 0.4) is 0 Å². The molecule has 0 spiro atoms. The lowest BCUT2D eigenvalue weighted by Crippen LogP contribution is -2.35. The molecule has 3 rings (SSSR count). The summed E-state index contributed by atoms with van der Waals surface area (Å²) in [5, 5.41) is 3.86. The second-order valence-electron chi connectivity index (χ2n) is 7.88. The third-order valence-electron chi connectivity index (χ3n) is 5.18. The predicted molar refractivity (Wildman–Crippen MR) is 126 cm³/mol. The fraction of sp³-hybridized carbons (Fsp3) is 0.308. The molecule has 0 radical (unpaired) electrons. The molecule has 0 unspecified atom stereocenters. The van der Waals surface area contributed by atoms with Gasteiger partial charge in [0.05, 0.1) is 12.8 Å². The maximum atomic E-state index is 13.1. The molecular weight excluding hydrogens is 418 g/mol. The van der Waals surface area contributed by atoms with E-state index in [1.807, 2.05) is 66.7 Å². The largest absolute Gasteiger partial charge is 0.456 e. The molecule has 0 aliphatic carbocycles. The molecule has 2 aromatic carbocycles. The van der Waals surface area contributed by atoms with E-state index >= 15 is 0 Å². The summed E-state index contributed by atoms with van der Waals surface area (Å²) in [7, 11) is 0. The molecule has 1 aliphatic rings. The van der Waals surface area contributed by atoms with Crippen molar-refractivity contribution >= 4 is 24.0 Å². The van der Waals surface area contributed by atoms with Crippen LogP contribution in [0.15, 0.2) is 71.9 Å². The molecule has 0 aromatic heterocycles. The summed E-state index contributed by atoms with van der Waals surface area (Å²) in [6.07, 6.45) is 6.86. The summed E-state index contributed by atoms with van der Waals surface area (Å²) in [5.74, 6) is -0.502. The number of rotatable bonds is 5. The molecule has 1 atom stereocenters. The van der Waals surface area contributed by atoms with Crippen LogP contribution in [0.5, 0.6) is 0 Å². The highest BCUT2D eigenvalue weighted by Gasteiger charge is 2.23. The lowest BCUT2D eigenvalue weighted by atomic mass is 10.1. The number of nitrogens with zero attached hydrogens (tertiary/aromatic N) is 2. The van der Waals surface area contributed by atoms with Crippen molar-refractivity contribution in [2.24, 2.45) is 5.10 Å². The Morgan fingerprint density at radius 2 is 1.76 bits per heavy atom. The van der Waals surface area contributed by atoms with Crippen LogP contribution in [0.2, 0.25) is 0 Å². The Balaban J connectivity index is 1.79. The summed E-state index contributed by atoms with van der Waals surface area (Å²) in [4.78, 5) is 38.1. The molecule has 1 N–H and O–H groups in total. The summed E-state index contributed by atoms with van der Waals surface area (Å²) in [6.45, 7) is 2.07. The van der Waals surface area contributed by atoms with Gasteiger partial charge >= 0.3 is 5.97 Å². The number of hydrazone groups is 1. The van der Waals surface area contributed by atoms with E-state index < -0.39 is 6.10 Å². The average molecular weight is 448 g/mol. The summed E-state index contributed by atoms with van der Waals surface area (Å²) >= 11 is 0. The number of amides is 2. The number of carbonyl (C=O) groups is 3. The predicted octanol–water partition coefficient (Wildman–Crippen LogP) is 3.90. The zero-order valence-corrected chi connectivity index (χ0v) is 18.8. The zero-order chi connectivity index (χ0) is 23.5. The lowest BCUT2D eigenvalue weighted by Gasteiger charge is -2.28. The Kier molecular flexibility index (Phi) is 8.94. The van der Waals surface area contributed by atoms with E-state index in [1.165, 1.54) is 6.92 Å². The Hall–Kier alpha value is -3.74. The minimum absolute atomic E-state index is 0.00787. The number of esters is 1. The molecule has 0 bridgehead atoms. The van der Waals surface area contributed by atoms with E-state index in [4.69, 9.17) is 4.74 Å². The highest BCUT2D eigenvalue weighted by Crippen LogP contribution is 2.22. The number of hydrogen-bond donors (Lipinski definition) is 1. The van der Waals surface area contributed by atoms with Crippen molar-refractivity contribution < 1.29 is 19.1 Å². The minimum atomic E-state index is -0.532. The van der Waals surface area contributed by atoms with Gasteiger partial charge in [0.2, 0.25) is 11.8 Å². The third kappa shape index (κ3) is 8.03. The Labute approximate surface area is 194 Å². The molecule has 2 aromatic rings. The van der Waals surface area contributed by atoms with Gasteiger partial charge in [0.25, 0.3) is 0 Å². The first-order valence-corrected chi connectivity index (χ1v) is 11.1. The van der Waals surface area contributed by atoms with Crippen LogP contribution in [-0.2, 0) is 25.7 Å². The first-order valence-electron chi connectivity index (χ1n) is 11.1. The fourth-order valence-corrected chi connectivity index (χ4v) is 3.48. The first kappa shape index (κ1) is 23.9. The smallest absolute Gasteiger partial charge is 0.306 e. The van der Waals surface area contributed by atoms with Crippen molar-refractivity contribution in [2.75, 3.05) is 6.54 Å². The van der Waals surface area contributed by atoms with Gasteiger partial charge in [-0.05, 0) is 29.5 Å². The van der Waals surface area contributed by atoms with Gasteiger partial charge in [-0.1, -0.05) is 66.7 Å². The maximum absolute atomic E-state index is 13.1. The van der Waals surface area contributed by atoms with E-state index in [0.29, 0.717) is 32.2 Å². The lowest BCUT2D eigenvalue weighted by molar-refractivity contribution is -0.152. The van der Waals surface area contributed by atoms with Crippen molar-refractivity contribution in [3.05, 3.63) is 83.4 Å². The third-order valence-corrected chi connectivity index (χ3v) is 5.18. The van der Waals surface area contributed by atoms with Gasteiger partial charge in [0.15, 0.2) is 0 Å². The number of benzene rings is 2. The van der Waals surface area contributed by atoms with Gasteiger partial charge in [0, 0.05) is 26.3 Å². The van der Waals surface area contributed by atoms with Crippen molar-refractivity contribution in [1.29, 1.82) is 0 Å². The quantitative estimate of drug-likeness (QED) is 0.326. The van der Waals surface area contributed by atoms with Crippen molar-refractivity contribution in [1.82, 2.24) is 10.3 Å². The minimum Gasteiger partial charge on any atom is -0.456 e. The van der Waals surface area contributed by atoms with Gasteiger partial charge in [0.1, 0.15) is 6.10 Å². The zero-order valence-electron chi connectivity index (χ0n) is 18.8. The highest BCUT2D eigenvalue weighted by atomic mass is 16.5. The summed E-state index contributed by atoms with van der Waals surface area (Å²) in [6, 6.07) is 17.1. The van der Waals surface area contributed by atoms with E-state index in [2.05, 4.69) is 10.5 Å². The first-order chi connectivity index (χ1) is 16.0. The Morgan fingerprint density at radius 1 is 1.06 bits per heavy atom. The van der Waals surface area contributed by atoms with E-state index in [1.54, 1.807) is 11.1 Å². The van der Waals surface area contributed by atoms with E-state index in [-0.39, 0.29) is 24.3 Å². The van der Waals surface area contributed by atoms with Crippen LogP contribution < -0.4 is 5.43 Å². The van der Waals surface area contributed by atoms with Crippen LogP contribution in [0, 0.1) is 0 Å². The van der Waals surface area contributed by atoms with Gasteiger partial charge < -0.3 is 9.64 Å². The van der Waals surface area contributed by atoms with Gasteiger partial charge in [-0.2, -0.15) is 5.10 Å². The number of cyclic esters (lactones) is 1. The molecule has 7 heteroatoms. The van der Waals surface area contributed by atoms with Gasteiger partial charge in [-0.3, -0.25) is 14.4 Å².